The first-order valence-electron chi connectivity index (χ1n) is 6.19. The molecule has 94 valence electrons. The van der Waals surface area contributed by atoms with Gasteiger partial charge < -0.3 is 5.32 Å². The van der Waals surface area contributed by atoms with Crippen LogP contribution in [0.4, 0.5) is 4.39 Å². The number of hydrogen-bond donors (Lipinski definition) is 1. The molecule has 0 saturated heterocycles. The smallest absolute Gasteiger partial charge is 0.123 e. The summed E-state index contributed by atoms with van der Waals surface area (Å²) in [7, 11) is 1.89. The van der Waals surface area contributed by atoms with Crippen LogP contribution < -0.4 is 5.32 Å². The third-order valence-electron chi connectivity index (χ3n) is 3.33. The molecule has 1 atom stereocenters. The van der Waals surface area contributed by atoms with Gasteiger partial charge in [-0.05, 0) is 44.0 Å². The molecule has 0 spiro atoms. The van der Waals surface area contributed by atoms with Crippen LogP contribution in [0.25, 0.3) is 0 Å². The minimum Gasteiger partial charge on any atom is -0.307 e. The first kappa shape index (κ1) is 11.8. The zero-order valence-corrected chi connectivity index (χ0v) is 11.1. The largest absolute Gasteiger partial charge is 0.307 e. The summed E-state index contributed by atoms with van der Waals surface area (Å²) >= 11 is 1.76. The fourth-order valence-corrected chi connectivity index (χ4v) is 3.74. The van der Waals surface area contributed by atoms with E-state index in [0.717, 1.165) is 23.4 Å². The van der Waals surface area contributed by atoms with Crippen molar-refractivity contribution in [3.8, 4) is 0 Å². The molecule has 1 heterocycles. The van der Waals surface area contributed by atoms with E-state index in [0.29, 0.717) is 0 Å². The van der Waals surface area contributed by atoms with Gasteiger partial charge in [-0.2, -0.15) is 0 Å². The van der Waals surface area contributed by atoms with Gasteiger partial charge in [0.15, 0.2) is 0 Å². The summed E-state index contributed by atoms with van der Waals surface area (Å²) in [6, 6.07) is 6.73. The van der Waals surface area contributed by atoms with Gasteiger partial charge in [0.05, 0.1) is 11.7 Å². The summed E-state index contributed by atoms with van der Waals surface area (Å²) in [6.45, 7) is 0. The lowest BCUT2D eigenvalue weighted by Gasteiger charge is -2.14. The summed E-state index contributed by atoms with van der Waals surface area (Å²) in [5.74, 6) is -0.197. The summed E-state index contributed by atoms with van der Waals surface area (Å²) in [4.78, 5) is 6.11. The second-order valence-electron chi connectivity index (χ2n) is 4.55. The number of fused-ring (bicyclic) bond motifs is 1. The summed E-state index contributed by atoms with van der Waals surface area (Å²) in [5, 5.41) is 4.28. The predicted molar refractivity (Wildman–Crippen MR) is 71.4 cm³/mol. The van der Waals surface area contributed by atoms with Crippen LogP contribution in [-0.2, 0) is 12.8 Å². The van der Waals surface area contributed by atoms with Crippen LogP contribution in [0.2, 0.25) is 0 Å². The molecular formula is C14H15FN2S. The number of halogens is 1. The molecular weight excluding hydrogens is 247 g/mol. The predicted octanol–water partition coefficient (Wildman–Crippen LogP) is 3.08. The number of thiazole rings is 1. The van der Waals surface area contributed by atoms with Gasteiger partial charge in [0.25, 0.3) is 0 Å². The van der Waals surface area contributed by atoms with E-state index in [4.69, 9.17) is 4.98 Å². The van der Waals surface area contributed by atoms with E-state index >= 15 is 0 Å². The molecule has 1 aliphatic carbocycles. The van der Waals surface area contributed by atoms with Crippen molar-refractivity contribution in [2.24, 2.45) is 0 Å². The van der Waals surface area contributed by atoms with Crippen LogP contribution in [0.15, 0.2) is 24.3 Å². The molecule has 0 fully saturated rings. The highest BCUT2D eigenvalue weighted by molar-refractivity contribution is 7.11. The second-order valence-corrected chi connectivity index (χ2v) is 5.67. The number of benzene rings is 1. The Kier molecular flexibility index (Phi) is 3.14. The highest BCUT2D eigenvalue weighted by Gasteiger charge is 2.22. The van der Waals surface area contributed by atoms with E-state index in [9.17, 15) is 4.39 Å². The molecule has 0 saturated carbocycles. The van der Waals surface area contributed by atoms with Crippen LogP contribution in [0.1, 0.15) is 33.6 Å². The third kappa shape index (κ3) is 2.06. The maximum atomic E-state index is 13.3. The standard InChI is InChI=1S/C14H15FN2S/c1-16-13(9-4-2-5-10(15)8-9)14-17-11-6-3-7-12(11)18-14/h2,4-5,8,13,16H,3,6-7H2,1H3. The Labute approximate surface area is 110 Å². The van der Waals surface area contributed by atoms with Crippen molar-refractivity contribution in [2.75, 3.05) is 7.05 Å². The van der Waals surface area contributed by atoms with E-state index in [1.807, 2.05) is 13.1 Å². The Morgan fingerprint density at radius 2 is 2.28 bits per heavy atom. The lowest BCUT2D eigenvalue weighted by atomic mass is 10.1. The van der Waals surface area contributed by atoms with Crippen molar-refractivity contribution < 1.29 is 4.39 Å². The molecule has 4 heteroatoms. The van der Waals surface area contributed by atoms with Gasteiger partial charge in [-0.25, -0.2) is 9.37 Å². The van der Waals surface area contributed by atoms with E-state index in [-0.39, 0.29) is 11.9 Å². The molecule has 1 aliphatic rings. The first-order chi connectivity index (χ1) is 8.78. The van der Waals surface area contributed by atoms with E-state index in [2.05, 4.69) is 5.32 Å². The fraction of sp³-hybridized carbons (Fsp3) is 0.357. The number of nitrogens with one attached hydrogen (secondary N) is 1. The van der Waals surface area contributed by atoms with E-state index in [1.165, 1.54) is 23.1 Å². The van der Waals surface area contributed by atoms with Gasteiger partial charge in [0.2, 0.25) is 0 Å². The minimum atomic E-state index is -0.197. The lowest BCUT2D eigenvalue weighted by molar-refractivity contribution is 0.616. The Hall–Kier alpha value is -1.26. The first-order valence-corrected chi connectivity index (χ1v) is 7.01. The minimum absolute atomic E-state index is 0.00343. The molecule has 0 radical (unpaired) electrons. The van der Waals surface area contributed by atoms with Crippen molar-refractivity contribution in [3.63, 3.8) is 0 Å². The monoisotopic (exact) mass is 262 g/mol. The van der Waals surface area contributed by atoms with Crippen LogP contribution in [0.3, 0.4) is 0 Å². The number of aryl methyl sites for hydroxylation is 2. The fourth-order valence-electron chi connectivity index (χ4n) is 2.45. The molecule has 18 heavy (non-hydrogen) atoms. The van der Waals surface area contributed by atoms with Gasteiger partial charge in [-0.1, -0.05) is 12.1 Å². The number of nitrogens with zero attached hydrogens (tertiary/aromatic N) is 1. The highest BCUT2D eigenvalue weighted by Crippen LogP contribution is 2.33. The molecule has 3 rings (SSSR count). The number of rotatable bonds is 3. The Bertz CT molecular complexity index is 543. The Morgan fingerprint density at radius 3 is 3.00 bits per heavy atom. The molecule has 1 aromatic carbocycles. The highest BCUT2D eigenvalue weighted by atomic mass is 32.1. The Morgan fingerprint density at radius 1 is 1.39 bits per heavy atom. The Balaban J connectivity index is 1.96. The van der Waals surface area contributed by atoms with Gasteiger partial charge in [0.1, 0.15) is 10.8 Å². The van der Waals surface area contributed by atoms with Crippen LogP contribution in [-0.4, -0.2) is 12.0 Å². The quantitative estimate of drug-likeness (QED) is 0.919. The topological polar surface area (TPSA) is 24.9 Å². The van der Waals surface area contributed by atoms with Crippen molar-refractivity contribution in [1.29, 1.82) is 0 Å². The SMILES string of the molecule is CNC(c1cccc(F)c1)c1nc2c(s1)CCC2. The number of hydrogen-bond acceptors (Lipinski definition) is 3. The third-order valence-corrected chi connectivity index (χ3v) is 4.55. The maximum absolute atomic E-state index is 13.3. The molecule has 1 unspecified atom stereocenters. The molecule has 0 amide bonds. The normalized spacial score (nSPS) is 15.7. The summed E-state index contributed by atoms with van der Waals surface area (Å²) < 4.78 is 13.3. The zero-order chi connectivity index (χ0) is 12.5. The summed E-state index contributed by atoms with van der Waals surface area (Å²) in [6.07, 6.45) is 3.45. The molecule has 2 nitrogen and oxygen atoms in total. The van der Waals surface area contributed by atoms with Gasteiger partial charge in [0, 0.05) is 4.88 Å². The van der Waals surface area contributed by atoms with Gasteiger partial charge in [-0.15, -0.1) is 11.3 Å². The molecule has 1 aromatic heterocycles. The lowest BCUT2D eigenvalue weighted by Crippen LogP contribution is -2.17. The van der Waals surface area contributed by atoms with Crippen molar-refractivity contribution >= 4 is 11.3 Å². The van der Waals surface area contributed by atoms with Crippen molar-refractivity contribution in [3.05, 3.63) is 51.2 Å². The van der Waals surface area contributed by atoms with E-state index in [1.54, 1.807) is 23.5 Å². The van der Waals surface area contributed by atoms with Crippen molar-refractivity contribution in [1.82, 2.24) is 10.3 Å². The molecule has 2 aromatic rings. The van der Waals surface area contributed by atoms with E-state index < -0.39 is 0 Å². The van der Waals surface area contributed by atoms with Crippen LogP contribution in [0.5, 0.6) is 0 Å². The molecule has 0 aliphatic heterocycles. The van der Waals surface area contributed by atoms with Gasteiger partial charge >= 0.3 is 0 Å². The maximum Gasteiger partial charge on any atom is 0.123 e. The average molecular weight is 262 g/mol. The number of aromatic nitrogens is 1. The molecule has 0 bridgehead atoms. The van der Waals surface area contributed by atoms with Crippen LogP contribution >= 0.6 is 11.3 Å². The second kappa shape index (κ2) is 4.78. The zero-order valence-electron chi connectivity index (χ0n) is 10.2. The molecule has 1 N–H and O–H groups in total. The van der Waals surface area contributed by atoms with Gasteiger partial charge in [-0.3, -0.25) is 0 Å². The van der Waals surface area contributed by atoms with Crippen LogP contribution in [0, 0.1) is 5.82 Å². The average Bonchev–Trinajstić information content (AvgIpc) is 2.91. The summed E-state index contributed by atoms with van der Waals surface area (Å²) in [5.41, 5.74) is 2.18. The van der Waals surface area contributed by atoms with Crippen molar-refractivity contribution in [2.45, 2.75) is 25.3 Å².